The van der Waals surface area contributed by atoms with Gasteiger partial charge in [-0.1, -0.05) is 6.07 Å². The Labute approximate surface area is 151 Å². The lowest BCUT2D eigenvalue weighted by Gasteiger charge is -2.17. The molecule has 3 rings (SSSR count). The number of carbonyl (C=O) groups is 1. The van der Waals surface area contributed by atoms with Gasteiger partial charge in [-0.3, -0.25) is 4.68 Å². The number of aryl methyl sites for hydroxylation is 1. The van der Waals surface area contributed by atoms with Crippen molar-refractivity contribution < 1.29 is 9.53 Å². The van der Waals surface area contributed by atoms with E-state index in [1.54, 1.807) is 11.0 Å². The minimum Gasteiger partial charge on any atom is -0.450 e. The molecular weight excluding hydrogens is 334 g/mol. The van der Waals surface area contributed by atoms with Gasteiger partial charge in [-0.05, 0) is 38.3 Å². The van der Waals surface area contributed by atoms with Crippen molar-refractivity contribution in [1.29, 1.82) is 0 Å². The number of ether oxygens (including phenoxy) is 1. The predicted octanol–water partition coefficient (Wildman–Crippen LogP) is 2.24. The van der Waals surface area contributed by atoms with Crippen molar-refractivity contribution in [1.82, 2.24) is 24.3 Å². The van der Waals surface area contributed by atoms with Crippen LogP contribution in [0.3, 0.4) is 0 Å². The molecule has 0 bridgehead atoms. The minimum absolute atomic E-state index is 0.124. The van der Waals surface area contributed by atoms with Crippen molar-refractivity contribution in [3.05, 3.63) is 24.5 Å². The van der Waals surface area contributed by atoms with Gasteiger partial charge in [0.25, 0.3) is 0 Å². The zero-order valence-corrected chi connectivity index (χ0v) is 14.9. The highest BCUT2D eigenvalue weighted by atomic mass is 16.5. The van der Waals surface area contributed by atoms with E-state index in [9.17, 15) is 4.79 Å². The highest BCUT2D eigenvalue weighted by Gasteiger charge is 2.19. The van der Waals surface area contributed by atoms with Crippen LogP contribution in [0.5, 0.6) is 0 Å². The Hall–Kier alpha value is -3.10. The summed E-state index contributed by atoms with van der Waals surface area (Å²) in [5.41, 5.74) is 13.8. The number of anilines is 1. The third kappa shape index (κ3) is 3.61. The second-order valence-corrected chi connectivity index (χ2v) is 6.27. The van der Waals surface area contributed by atoms with E-state index in [2.05, 4.69) is 22.0 Å². The zero-order chi connectivity index (χ0) is 18.7. The van der Waals surface area contributed by atoms with Crippen LogP contribution in [0.2, 0.25) is 0 Å². The molecule has 0 aliphatic rings. The van der Waals surface area contributed by atoms with Crippen LogP contribution in [0.15, 0.2) is 24.5 Å². The number of hydrogen-bond acceptors (Lipinski definition) is 6. The van der Waals surface area contributed by atoms with Crippen molar-refractivity contribution in [2.75, 3.05) is 12.3 Å². The van der Waals surface area contributed by atoms with Gasteiger partial charge in [0, 0.05) is 18.7 Å². The number of hydrogen-bond donors (Lipinski definition) is 2. The molecule has 138 valence electrons. The van der Waals surface area contributed by atoms with Crippen molar-refractivity contribution in [3.63, 3.8) is 0 Å². The third-order valence-electron chi connectivity index (χ3n) is 4.28. The third-order valence-corrected chi connectivity index (χ3v) is 4.28. The van der Waals surface area contributed by atoms with E-state index >= 15 is 0 Å². The Morgan fingerprint density at radius 1 is 1.35 bits per heavy atom. The van der Waals surface area contributed by atoms with Crippen LogP contribution in [-0.2, 0) is 11.8 Å². The molecule has 2 aromatic heterocycles. The van der Waals surface area contributed by atoms with Crippen molar-refractivity contribution in [2.45, 2.75) is 32.2 Å². The van der Waals surface area contributed by atoms with Gasteiger partial charge < -0.3 is 20.8 Å². The first-order chi connectivity index (χ1) is 12.5. The van der Waals surface area contributed by atoms with Gasteiger partial charge in [-0.25, -0.2) is 14.8 Å². The van der Waals surface area contributed by atoms with Crippen LogP contribution < -0.4 is 11.5 Å². The standard InChI is InChI=1S/C17H23N7O2/c1-11(6-3-4-9-26-17(19)25)24-14-12(15-20-10-23(2)22-15)7-5-8-13(14)21-16(24)18/h5,7-8,10-11H,3-4,6,9H2,1-2H3,(H2,18,21)(H2,19,25). The summed E-state index contributed by atoms with van der Waals surface area (Å²) in [5.74, 6) is 1.10. The van der Waals surface area contributed by atoms with Crippen LogP contribution in [0.4, 0.5) is 10.7 Å². The fourth-order valence-electron chi connectivity index (χ4n) is 3.10. The van der Waals surface area contributed by atoms with Crippen LogP contribution in [-0.4, -0.2) is 37.0 Å². The Bertz CT molecular complexity index is 915. The first-order valence-corrected chi connectivity index (χ1v) is 8.52. The summed E-state index contributed by atoms with van der Waals surface area (Å²) in [6.07, 6.45) is 3.41. The van der Waals surface area contributed by atoms with Crippen LogP contribution in [0.25, 0.3) is 22.4 Å². The molecule has 1 atom stereocenters. The highest BCUT2D eigenvalue weighted by Crippen LogP contribution is 2.32. The van der Waals surface area contributed by atoms with Crippen molar-refractivity contribution in [3.8, 4) is 11.4 Å². The van der Waals surface area contributed by atoms with E-state index in [4.69, 9.17) is 16.2 Å². The molecule has 2 heterocycles. The molecule has 9 heteroatoms. The molecule has 0 saturated heterocycles. The van der Waals surface area contributed by atoms with Gasteiger partial charge in [0.1, 0.15) is 6.33 Å². The maximum atomic E-state index is 10.6. The first kappa shape index (κ1) is 17.7. The summed E-state index contributed by atoms with van der Waals surface area (Å²) < 4.78 is 8.45. The average Bonchev–Trinajstić information content (AvgIpc) is 3.16. The van der Waals surface area contributed by atoms with Gasteiger partial charge in [-0.2, -0.15) is 5.10 Å². The monoisotopic (exact) mass is 357 g/mol. The average molecular weight is 357 g/mol. The second-order valence-electron chi connectivity index (χ2n) is 6.27. The van der Waals surface area contributed by atoms with Crippen LogP contribution in [0.1, 0.15) is 32.2 Å². The van der Waals surface area contributed by atoms with E-state index in [0.717, 1.165) is 35.9 Å². The van der Waals surface area contributed by atoms with E-state index in [0.29, 0.717) is 18.4 Å². The van der Waals surface area contributed by atoms with Crippen LogP contribution >= 0.6 is 0 Å². The lowest BCUT2D eigenvalue weighted by molar-refractivity contribution is 0.154. The van der Waals surface area contributed by atoms with E-state index < -0.39 is 6.09 Å². The summed E-state index contributed by atoms with van der Waals surface area (Å²) >= 11 is 0. The Kier molecular flexibility index (Phi) is 5.06. The number of amides is 1. The number of nitrogens with zero attached hydrogens (tertiary/aromatic N) is 5. The summed E-state index contributed by atoms with van der Waals surface area (Å²) in [7, 11) is 1.83. The summed E-state index contributed by atoms with van der Waals surface area (Å²) in [5, 5.41) is 4.41. The maximum absolute atomic E-state index is 10.6. The smallest absolute Gasteiger partial charge is 0.404 e. The number of rotatable bonds is 7. The number of primary amides is 1. The normalized spacial score (nSPS) is 12.4. The van der Waals surface area contributed by atoms with Gasteiger partial charge >= 0.3 is 6.09 Å². The second kappa shape index (κ2) is 7.42. The fourth-order valence-corrected chi connectivity index (χ4v) is 3.10. The molecule has 1 amide bonds. The molecule has 0 saturated carbocycles. The van der Waals surface area contributed by atoms with Gasteiger partial charge in [0.2, 0.25) is 5.95 Å². The summed E-state index contributed by atoms with van der Waals surface area (Å²) in [6.45, 7) is 2.42. The number of nitrogen functional groups attached to an aromatic ring is 1. The number of benzene rings is 1. The number of fused-ring (bicyclic) bond motifs is 1. The summed E-state index contributed by atoms with van der Waals surface area (Å²) in [4.78, 5) is 19.5. The zero-order valence-electron chi connectivity index (χ0n) is 14.9. The van der Waals surface area contributed by atoms with Crippen molar-refractivity contribution in [2.24, 2.45) is 12.8 Å². The topological polar surface area (TPSA) is 127 Å². The first-order valence-electron chi connectivity index (χ1n) is 8.52. The fraction of sp³-hybridized carbons (Fsp3) is 0.412. The Morgan fingerprint density at radius 3 is 2.85 bits per heavy atom. The van der Waals surface area contributed by atoms with Gasteiger partial charge in [-0.15, -0.1) is 0 Å². The quantitative estimate of drug-likeness (QED) is 0.624. The number of nitrogens with two attached hydrogens (primary N) is 2. The van der Waals surface area contributed by atoms with Gasteiger partial charge in [0.15, 0.2) is 5.82 Å². The van der Waals surface area contributed by atoms with E-state index in [1.165, 1.54) is 0 Å². The van der Waals surface area contributed by atoms with Gasteiger partial charge in [0.05, 0.1) is 17.6 Å². The molecule has 0 fully saturated rings. The number of aromatic nitrogens is 5. The number of unbranched alkanes of at least 4 members (excludes halogenated alkanes) is 1. The lowest BCUT2D eigenvalue weighted by atomic mass is 10.1. The SMILES string of the molecule is CC(CCCCOC(N)=O)n1c(N)nc2cccc(-c3ncn(C)n3)c21. The molecule has 3 aromatic rings. The minimum atomic E-state index is -0.740. The van der Waals surface area contributed by atoms with Crippen molar-refractivity contribution >= 4 is 23.1 Å². The molecule has 0 aliphatic carbocycles. The van der Waals surface area contributed by atoms with Crippen LogP contribution in [0, 0.1) is 0 Å². The molecule has 4 N–H and O–H groups in total. The Morgan fingerprint density at radius 2 is 2.15 bits per heavy atom. The number of imidazole rings is 1. The lowest BCUT2D eigenvalue weighted by Crippen LogP contribution is -2.14. The number of para-hydroxylation sites is 1. The molecule has 26 heavy (non-hydrogen) atoms. The van der Waals surface area contributed by atoms with E-state index in [-0.39, 0.29) is 6.04 Å². The molecular formula is C17H23N7O2. The molecule has 1 unspecified atom stereocenters. The Balaban J connectivity index is 1.85. The molecule has 0 aliphatic heterocycles. The predicted molar refractivity (Wildman–Crippen MR) is 98.2 cm³/mol. The number of carbonyl (C=O) groups excluding carboxylic acids is 1. The molecule has 0 radical (unpaired) electrons. The molecule has 9 nitrogen and oxygen atoms in total. The largest absolute Gasteiger partial charge is 0.450 e. The maximum Gasteiger partial charge on any atom is 0.404 e. The summed E-state index contributed by atoms with van der Waals surface area (Å²) in [6, 6.07) is 5.96. The highest BCUT2D eigenvalue weighted by molar-refractivity contribution is 5.92. The molecule has 0 spiro atoms. The van der Waals surface area contributed by atoms with E-state index in [1.807, 2.05) is 29.8 Å². The molecule has 1 aromatic carbocycles.